The second-order valence-corrected chi connectivity index (χ2v) is 8.45. The minimum Gasteiger partial charge on any atom is -0.381 e. The van der Waals surface area contributed by atoms with Gasteiger partial charge in [0.2, 0.25) is 5.91 Å². The normalized spacial score (nSPS) is 28.8. The van der Waals surface area contributed by atoms with Crippen molar-refractivity contribution in [1.82, 2.24) is 4.90 Å². The Labute approximate surface area is 157 Å². The summed E-state index contributed by atoms with van der Waals surface area (Å²) in [5.41, 5.74) is 0.938. The zero-order chi connectivity index (χ0) is 17.8. The molecule has 3 saturated heterocycles. The van der Waals surface area contributed by atoms with Gasteiger partial charge in [0.15, 0.2) is 0 Å². The minimum atomic E-state index is -0.0904. The van der Waals surface area contributed by atoms with Crippen LogP contribution in [0.1, 0.15) is 51.4 Å². The Bertz CT molecular complexity index is 520. The van der Waals surface area contributed by atoms with Gasteiger partial charge in [0.1, 0.15) is 5.60 Å². The first kappa shape index (κ1) is 18.5. The highest BCUT2D eigenvalue weighted by molar-refractivity contribution is 5.94. The maximum Gasteiger partial charge on any atom is 0.249 e. The number of rotatable bonds is 6. The SMILES string of the molecule is O=C(C1=CCCCC1)N1CC2(C1)OCC[C@@H]2CCOCC1CCOCC1. The van der Waals surface area contributed by atoms with Crippen molar-refractivity contribution in [3.05, 3.63) is 11.6 Å². The summed E-state index contributed by atoms with van der Waals surface area (Å²) in [6, 6.07) is 0. The summed E-state index contributed by atoms with van der Waals surface area (Å²) in [5, 5.41) is 0. The molecule has 1 aliphatic carbocycles. The van der Waals surface area contributed by atoms with E-state index in [9.17, 15) is 4.79 Å². The van der Waals surface area contributed by atoms with Gasteiger partial charge in [-0.2, -0.15) is 0 Å². The average molecular weight is 363 g/mol. The molecule has 0 radical (unpaired) electrons. The van der Waals surface area contributed by atoms with Gasteiger partial charge in [-0.25, -0.2) is 0 Å². The summed E-state index contributed by atoms with van der Waals surface area (Å²) in [5.74, 6) is 1.44. The molecule has 0 N–H and O–H groups in total. The van der Waals surface area contributed by atoms with Crippen molar-refractivity contribution < 1.29 is 19.0 Å². The number of likely N-dealkylation sites (tertiary alicyclic amines) is 1. The fourth-order valence-electron chi connectivity index (χ4n) is 4.91. The maximum atomic E-state index is 12.6. The molecule has 4 aliphatic rings. The Morgan fingerprint density at radius 3 is 2.81 bits per heavy atom. The van der Waals surface area contributed by atoms with Gasteiger partial charge in [0.25, 0.3) is 0 Å². The molecule has 26 heavy (non-hydrogen) atoms. The Kier molecular flexibility index (Phi) is 5.97. The first-order valence-electron chi connectivity index (χ1n) is 10.5. The van der Waals surface area contributed by atoms with E-state index >= 15 is 0 Å². The maximum absolute atomic E-state index is 12.6. The van der Waals surface area contributed by atoms with E-state index in [-0.39, 0.29) is 11.5 Å². The van der Waals surface area contributed by atoms with Crippen LogP contribution in [0, 0.1) is 11.8 Å². The topological polar surface area (TPSA) is 48.0 Å². The molecular weight excluding hydrogens is 330 g/mol. The van der Waals surface area contributed by atoms with Crippen LogP contribution in [0.4, 0.5) is 0 Å². The van der Waals surface area contributed by atoms with E-state index in [1.165, 1.54) is 6.42 Å². The molecule has 3 aliphatic heterocycles. The molecule has 1 amide bonds. The summed E-state index contributed by atoms with van der Waals surface area (Å²) in [4.78, 5) is 14.6. The third kappa shape index (κ3) is 4.00. The monoisotopic (exact) mass is 363 g/mol. The number of nitrogens with zero attached hydrogens (tertiary/aromatic N) is 1. The van der Waals surface area contributed by atoms with Crippen LogP contribution in [-0.4, -0.2) is 62.5 Å². The van der Waals surface area contributed by atoms with Gasteiger partial charge in [-0.1, -0.05) is 6.08 Å². The van der Waals surface area contributed by atoms with Crippen LogP contribution in [0.2, 0.25) is 0 Å². The Morgan fingerprint density at radius 2 is 2.04 bits per heavy atom. The Balaban J connectivity index is 1.20. The molecule has 0 bridgehead atoms. The van der Waals surface area contributed by atoms with Crippen LogP contribution < -0.4 is 0 Å². The second kappa shape index (κ2) is 8.41. The predicted octanol–water partition coefficient (Wildman–Crippen LogP) is 2.94. The van der Waals surface area contributed by atoms with Crippen molar-refractivity contribution in [3.63, 3.8) is 0 Å². The fraction of sp³-hybridized carbons (Fsp3) is 0.857. The van der Waals surface area contributed by atoms with Gasteiger partial charge < -0.3 is 19.1 Å². The summed E-state index contributed by atoms with van der Waals surface area (Å²) < 4.78 is 17.5. The lowest BCUT2D eigenvalue weighted by atomic mass is 9.78. The highest BCUT2D eigenvalue weighted by Crippen LogP contribution is 2.42. The number of hydrogen-bond acceptors (Lipinski definition) is 4. The van der Waals surface area contributed by atoms with E-state index in [0.29, 0.717) is 11.8 Å². The molecule has 5 nitrogen and oxygen atoms in total. The summed E-state index contributed by atoms with van der Waals surface area (Å²) in [6.45, 7) is 5.81. The van der Waals surface area contributed by atoms with Crippen molar-refractivity contribution >= 4 is 5.91 Å². The molecule has 0 saturated carbocycles. The number of carbonyl (C=O) groups excluding carboxylic acids is 1. The summed E-state index contributed by atoms with van der Waals surface area (Å²) >= 11 is 0. The first-order valence-corrected chi connectivity index (χ1v) is 10.5. The quantitative estimate of drug-likeness (QED) is 0.681. The third-order valence-electron chi connectivity index (χ3n) is 6.67. The van der Waals surface area contributed by atoms with Crippen molar-refractivity contribution in [2.75, 3.05) is 46.1 Å². The second-order valence-electron chi connectivity index (χ2n) is 8.45. The third-order valence-corrected chi connectivity index (χ3v) is 6.67. The Morgan fingerprint density at radius 1 is 1.19 bits per heavy atom. The molecule has 0 unspecified atom stereocenters. The molecule has 0 aromatic rings. The van der Waals surface area contributed by atoms with E-state index in [1.807, 2.05) is 4.90 Å². The lowest BCUT2D eigenvalue weighted by Gasteiger charge is -2.50. The van der Waals surface area contributed by atoms with E-state index in [0.717, 1.165) is 96.6 Å². The molecule has 4 rings (SSSR count). The number of allylic oxidation sites excluding steroid dienone is 1. The van der Waals surface area contributed by atoms with Crippen LogP contribution in [-0.2, 0) is 19.0 Å². The van der Waals surface area contributed by atoms with E-state index in [4.69, 9.17) is 14.2 Å². The largest absolute Gasteiger partial charge is 0.381 e. The molecule has 5 heteroatoms. The van der Waals surface area contributed by atoms with Crippen molar-refractivity contribution in [1.29, 1.82) is 0 Å². The van der Waals surface area contributed by atoms with Crippen LogP contribution in [0.3, 0.4) is 0 Å². The van der Waals surface area contributed by atoms with Crippen LogP contribution >= 0.6 is 0 Å². The van der Waals surface area contributed by atoms with E-state index < -0.39 is 0 Å². The van der Waals surface area contributed by atoms with Crippen LogP contribution in [0.15, 0.2) is 11.6 Å². The number of ether oxygens (including phenoxy) is 3. The molecule has 0 aromatic carbocycles. The highest BCUT2D eigenvalue weighted by atomic mass is 16.5. The Hall–Kier alpha value is -0.910. The van der Waals surface area contributed by atoms with Gasteiger partial charge in [0, 0.05) is 38.6 Å². The lowest BCUT2D eigenvalue weighted by molar-refractivity contribution is -0.162. The number of carbonyl (C=O) groups is 1. The van der Waals surface area contributed by atoms with Gasteiger partial charge in [0.05, 0.1) is 13.1 Å². The highest BCUT2D eigenvalue weighted by Gasteiger charge is 2.54. The van der Waals surface area contributed by atoms with Gasteiger partial charge in [-0.3, -0.25) is 4.79 Å². The van der Waals surface area contributed by atoms with Crippen LogP contribution in [0.25, 0.3) is 0 Å². The predicted molar refractivity (Wildman–Crippen MR) is 98.9 cm³/mol. The van der Waals surface area contributed by atoms with Crippen molar-refractivity contribution in [3.8, 4) is 0 Å². The molecule has 3 fully saturated rings. The molecule has 146 valence electrons. The summed E-state index contributed by atoms with van der Waals surface area (Å²) in [6.07, 6.45) is 10.9. The number of hydrogen-bond donors (Lipinski definition) is 0. The van der Waals surface area contributed by atoms with Crippen molar-refractivity contribution in [2.45, 2.75) is 57.0 Å². The van der Waals surface area contributed by atoms with Crippen LogP contribution in [0.5, 0.6) is 0 Å². The fourth-order valence-corrected chi connectivity index (χ4v) is 4.91. The number of amides is 1. The van der Waals surface area contributed by atoms with E-state index in [2.05, 4.69) is 6.08 Å². The van der Waals surface area contributed by atoms with Crippen molar-refractivity contribution in [2.24, 2.45) is 11.8 Å². The molecule has 3 heterocycles. The molecular formula is C21H33NO4. The molecule has 1 atom stereocenters. The van der Waals surface area contributed by atoms with Gasteiger partial charge in [-0.15, -0.1) is 0 Å². The zero-order valence-electron chi connectivity index (χ0n) is 15.9. The zero-order valence-corrected chi connectivity index (χ0v) is 15.9. The molecule has 1 spiro atoms. The minimum absolute atomic E-state index is 0.0904. The summed E-state index contributed by atoms with van der Waals surface area (Å²) in [7, 11) is 0. The lowest BCUT2D eigenvalue weighted by Crippen LogP contribution is -2.66. The standard InChI is InChI=1S/C21H33NO4/c23-20(18-4-2-1-3-5-18)22-15-21(16-22)19(9-13-26-21)8-12-25-14-17-6-10-24-11-7-17/h4,17,19H,1-3,5-16H2/t19-/m0/s1. The van der Waals surface area contributed by atoms with E-state index in [1.54, 1.807) is 0 Å². The molecule has 0 aromatic heterocycles. The smallest absolute Gasteiger partial charge is 0.249 e. The van der Waals surface area contributed by atoms with Gasteiger partial charge >= 0.3 is 0 Å². The first-order chi connectivity index (χ1) is 12.8. The van der Waals surface area contributed by atoms with Gasteiger partial charge in [-0.05, 0) is 63.2 Å². The average Bonchev–Trinajstić information content (AvgIpc) is 3.09.